The standard InChI is InChI=1S/C14H25N3S/c1-10(15)13-11(2)16-14(18-13)17(3)9-12-7-5-4-6-8-12/h10,12H,4-9,15H2,1-3H3. The van der Waals surface area contributed by atoms with Crippen LogP contribution in [0.4, 0.5) is 5.13 Å². The maximum atomic E-state index is 5.96. The highest BCUT2D eigenvalue weighted by molar-refractivity contribution is 7.15. The van der Waals surface area contributed by atoms with E-state index in [4.69, 9.17) is 5.73 Å². The molecule has 102 valence electrons. The van der Waals surface area contributed by atoms with Gasteiger partial charge >= 0.3 is 0 Å². The molecule has 1 aliphatic carbocycles. The summed E-state index contributed by atoms with van der Waals surface area (Å²) in [5.74, 6) is 0.853. The number of aromatic nitrogens is 1. The van der Waals surface area contributed by atoms with Gasteiger partial charge in [0.2, 0.25) is 0 Å². The van der Waals surface area contributed by atoms with Gasteiger partial charge in [-0.3, -0.25) is 0 Å². The number of rotatable bonds is 4. The van der Waals surface area contributed by atoms with Crippen LogP contribution in [0, 0.1) is 12.8 Å². The van der Waals surface area contributed by atoms with Gasteiger partial charge in [-0.2, -0.15) is 0 Å². The Kier molecular flexibility index (Phi) is 4.62. The van der Waals surface area contributed by atoms with Gasteiger partial charge in [0.15, 0.2) is 5.13 Å². The molecule has 1 atom stereocenters. The lowest BCUT2D eigenvalue weighted by molar-refractivity contribution is 0.362. The Morgan fingerprint density at radius 3 is 2.61 bits per heavy atom. The zero-order valence-electron chi connectivity index (χ0n) is 11.8. The van der Waals surface area contributed by atoms with E-state index in [-0.39, 0.29) is 6.04 Å². The molecule has 1 aliphatic rings. The average Bonchev–Trinajstić information content (AvgIpc) is 2.73. The van der Waals surface area contributed by atoms with Crippen molar-refractivity contribution in [3.63, 3.8) is 0 Å². The summed E-state index contributed by atoms with van der Waals surface area (Å²) in [6.45, 7) is 5.24. The second-order valence-corrected chi connectivity index (χ2v) is 6.63. The number of nitrogens with two attached hydrogens (primary N) is 1. The van der Waals surface area contributed by atoms with Gasteiger partial charge in [0.05, 0.1) is 5.69 Å². The summed E-state index contributed by atoms with van der Waals surface area (Å²) in [6.07, 6.45) is 7.00. The van der Waals surface area contributed by atoms with Crippen LogP contribution in [-0.2, 0) is 0 Å². The maximum absolute atomic E-state index is 5.96. The van der Waals surface area contributed by atoms with E-state index in [1.807, 2.05) is 6.92 Å². The molecule has 2 N–H and O–H groups in total. The lowest BCUT2D eigenvalue weighted by atomic mass is 9.89. The molecule has 1 aromatic rings. The summed E-state index contributed by atoms with van der Waals surface area (Å²) < 4.78 is 0. The first-order chi connectivity index (χ1) is 8.58. The summed E-state index contributed by atoms with van der Waals surface area (Å²) in [5.41, 5.74) is 7.06. The third-order valence-electron chi connectivity index (χ3n) is 3.82. The van der Waals surface area contributed by atoms with Crippen LogP contribution in [0.15, 0.2) is 0 Å². The first kappa shape index (κ1) is 13.8. The van der Waals surface area contributed by atoms with E-state index in [2.05, 4.69) is 23.9 Å². The predicted molar refractivity (Wildman–Crippen MR) is 79.3 cm³/mol. The Morgan fingerprint density at radius 1 is 1.39 bits per heavy atom. The fraction of sp³-hybridized carbons (Fsp3) is 0.786. The number of anilines is 1. The smallest absolute Gasteiger partial charge is 0.185 e. The van der Waals surface area contributed by atoms with Crippen molar-refractivity contribution < 1.29 is 0 Å². The normalized spacial score (nSPS) is 18.9. The Bertz CT molecular complexity index is 380. The van der Waals surface area contributed by atoms with Crippen LogP contribution in [0.1, 0.15) is 55.6 Å². The van der Waals surface area contributed by atoms with E-state index < -0.39 is 0 Å². The van der Waals surface area contributed by atoms with Gasteiger partial charge in [-0.15, -0.1) is 11.3 Å². The van der Waals surface area contributed by atoms with Crippen LogP contribution in [0.25, 0.3) is 0 Å². The Labute approximate surface area is 114 Å². The van der Waals surface area contributed by atoms with E-state index in [0.717, 1.165) is 23.3 Å². The minimum Gasteiger partial charge on any atom is -0.351 e. The van der Waals surface area contributed by atoms with Crippen molar-refractivity contribution in [2.45, 2.75) is 52.0 Å². The highest BCUT2D eigenvalue weighted by Crippen LogP contribution is 2.31. The van der Waals surface area contributed by atoms with Gasteiger partial charge < -0.3 is 10.6 Å². The van der Waals surface area contributed by atoms with Crippen molar-refractivity contribution in [1.82, 2.24) is 4.98 Å². The van der Waals surface area contributed by atoms with E-state index in [9.17, 15) is 0 Å². The van der Waals surface area contributed by atoms with Gasteiger partial charge in [-0.1, -0.05) is 19.3 Å². The Hall–Kier alpha value is -0.610. The fourth-order valence-electron chi connectivity index (χ4n) is 2.81. The molecule has 1 aromatic heterocycles. The number of thiazole rings is 1. The van der Waals surface area contributed by atoms with Crippen LogP contribution >= 0.6 is 11.3 Å². The van der Waals surface area contributed by atoms with E-state index in [1.165, 1.54) is 37.0 Å². The van der Waals surface area contributed by atoms with Gasteiger partial charge in [-0.25, -0.2) is 4.98 Å². The van der Waals surface area contributed by atoms with Crippen molar-refractivity contribution in [3.8, 4) is 0 Å². The predicted octanol–water partition coefficient (Wildman–Crippen LogP) is 3.49. The average molecular weight is 267 g/mol. The molecule has 2 rings (SSSR count). The van der Waals surface area contributed by atoms with Crippen LogP contribution in [0.5, 0.6) is 0 Å². The molecule has 0 radical (unpaired) electrons. The molecule has 1 heterocycles. The first-order valence-electron chi connectivity index (χ1n) is 7.02. The van der Waals surface area contributed by atoms with Crippen molar-refractivity contribution >= 4 is 16.5 Å². The second kappa shape index (κ2) is 6.02. The lowest BCUT2D eigenvalue weighted by Gasteiger charge is -2.26. The zero-order chi connectivity index (χ0) is 13.1. The number of hydrogen-bond donors (Lipinski definition) is 1. The highest BCUT2D eigenvalue weighted by atomic mass is 32.1. The zero-order valence-corrected chi connectivity index (χ0v) is 12.6. The van der Waals surface area contributed by atoms with E-state index in [0.29, 0.717) is 0 Å². The van der Waals surface area contributed by atoms with Crippen molar-refractivity contribution in [3.05, 3.63) is 10.6 Å². The largest absolute Gasteiger partial charge is 0.351 e. The number of aryl methyl sites for hydroxylation is 1. The van der Waals surface area contributed by atoms with Crippen LogP contribution < -0.4 is 10.6 Å². The first-order valence-corrected chi connectivity index (χ1v) is 7.83. The SMILES string of the molecule is Cc1nc(N(C)CC2CCCCC2)sc1C(C)N. The molecule has 0 saturated heterocycles. The summed E-state index contributed by atoms with van der Waals surface area (Å²) in [7, 11) is 2.16. The highest BCUT2D eigenvalue weighted by Gasteiger charge is 2.18. The summed E-state index contributed by atoms with van der Waals surface area (Å²) in [5, 5.41) is 1.13. The van der Waals surface area contributed by atoms with E-state index in [1.54, 1.807) is 11.3 Å². The molecular weight excluding hydrogens is 242 g/mol. The van der Waals surface area contributed by atoms with Crippen LogP contribution in [0.2, 0.25) is 0 Å². The molecule has 0 bridgehead atoms. The Morgan fingerprint density at radius 2 is 2.06 bits per heavy atom. The minimum absolute atomic E-state index is 0.0966. The number of nitrogens with zero attached hydrogens (tertiary/aromatic N) is 2. The molecule has 0 spiro atoms. The molecule has 4 heteroatoms. The third-order valence-corrected chi connectivity index (χ3v) is 5.29. The van der Waals surface area contributed by atoms with Crippen LogP contribution in [-0.4, -0.2) is 18.6 Å². The molecule has 0 aromatic carbocycles. The molecule has 0 amide bonds. The van der Waals surface area contributed by atoms with Gasteiger partial charge in [-0.05, 0) is 32.6 Å². The quantitative estimate of drug-likeness (QED) is 0.908. The fourth-order valence-corrected chi connectivity index (χ4v) is 3.80. The summed E-state index contributed by atoms with van der Waals surface area (Å²) in [6, 6.07) is 0.0966. The maximum Gasteiger partial charge on any atom is 0.185 e. The van der Waals surface area contributed by atoms with Crippen LogP contribution in [0.3, 0.4) is 0 Å². The third kappa shape index (κ3) is 3.23. The van der Waals surface area contributed by atoms with Gasteiger partial charge in [0, 0.05) is 24.5 Å². The Balaban J connectivity index is 1.99. The second-order valence-electron chi connectivity index (χ2n) is 5.62. The molecule has 0 aliphatic heterocycles. The molecule has 1 saturated carbocycles. The molecule has 3 nitrogen and oxygen atoms in total. The molecule has 18 heavy (non-hydrogen) atoms. The van der Waals surface area contributed by atoms with Gasteiger partial charge in [0.1, 0.15) is 0 Å². The van der Waals surface area contributed by atoms with Crippen molar-refractivity contribution in [2.24, 2.45) is 11.7 Å². The summed E-state index contributed by atoms with van der Waals surface area (Å²) in [4.78, 5) is 8.20. The molecule has 1 fully saturated rings. The van der Waals surface area contributed by atoms with Crippen molar-refractivity contribution in [1.29, 1.82) is 0 Å². The lowest BCUT2D eigenvalue weighted by Crippen LogP contribution is -2.26. The van der Waals surface area contributed by atoms with Crippen molar-refractivity contribution in [2.75, 3.05) is 18.5 Å². The minimum atomic E-state index is 0.0966. The topological polar surface area (TPSA) is 42.2 Å². The molecular formula is C14H25N3S. The van der Waals surface area contributed by atoms with Gasteiger partial charge in [0.25, 0.3) is 0 Å². The van der Waals surface area contributed by atoms with E-state index >= 15 is 0 Å². The molecule has 1 unspecified atom stereocenters. The number of hydrogen-bond acceptors (Lipinski definition) is 4. The monoisotopic (exact) mass is 267 g/mol. The summed E-state index contributed by atoms with van der Waals surface area (Å²) >= 11 is 1.75.